The maximum atomic E-state index is 12.3. The van der Waals surface area contributed by atoms with Crippen molar-refractivity contribution in [1.29, 1.82) is 0 Å². The average Bonchev–Trinajstić information content (AvgIpc) is 2.55. The van der Waals surface area contributed by atoms with Crippen LogP contribution in [0.15, 0.2) is 23.1 Å². The van der Waals surface area contributed by atoms with Crippen molar-refractivity contribution >= 4 is 28.3 Å². The predicted molar refractivity (Wildman–Crippen MR) is 94.2 cm³/mol. The minimum absolute atomic E-state index is 0. The van der Waals surface area contributed by atoms with Crippen LogP contribution in [0.2, 0.25) is 0 Å². The average molecular weight is 378 g/mol. The fourth-order valence-electron chi connectivity index (χ4n) is 2.70. The zero-order valence-corrected chi connectivity index (χ0v) is 15.2. The lowest BCUT2D eigenvalue weighted by Gasteiger charge is -2.22. The second kappa shape index (κ2) is 9.22. The Kier molecular flexibility index (Phi) is 7.95. The number of rotatable bonds is 7. The van der Waals surface area contributed by atoms with Crippen LogP contribution in [0, 0.1) is 5.92 Å². The Morgan fingerprint density at radius 2 is 2.21 bits per heavy atom. The molecule has 1 aliphatic heterocycles. The monoisotopic (exact) mass is 377 g/mol. The van der Waals surface area contributed by atoms with Crippen LogP contribution in [-0.4, -0.2) is 41.1 Å². The van der Waals surface area contributed by atoms with Crippen molar-refractivity contribution in [2.45, 2.75) is 24.2 Å². The van der Waals surface area contributed by atoms with Crippen LogP contribution in [0.1, 0.15) is 29.6 Å². The number of benzene rings is 1. The molecule has 1 amide bonds. The van der Waals surface area contributed by atoms with Gasteiger partial charge in [0.1, 0.15) is 5.75 Å². The molecule has 2 rings (SSSR count). The zero-order valence-electron chi connectivity index (χ0n) is 13.6. The zero-order chi connectivity index (χ0) is 16.9. The Morgan fingerprint density at radius 3 is 2.79 bits per heavy atom. The second-order valence-corrected chi connectivity index (χ2v) is 7.39. The summed E-state index contributed by atoms with van der Waals surface area (Å²) in [7, 11) is -2.28. The molecule has 136 valence electrons. The number of nitrogens with two attached hydrogens (primary N) is 1. The number of piperidine rings is 1. The Hall–Kier alpha value is -1.35. The second-order valence-electron chi connectivity index (χ2n) is 5.63. The van der Waals surface area contributed by atoms with Gasteiger partial charge in [0.05, 0.1) is 17.6 Å². The van der Waals surface area contributed by atoms with Gasteiger partial charge in [0.25, 0.3) is 5.91 Å². The van der Waals surface area contributed by atoms with Crippen molar-refractivity contribution < 1.29 is 17.9 Å². The third kappa shape index (κ3) is 5.34. The van der Waals surface area contributed by atoms with Crippen molar-refractivity contribution in [3.63, 3.8) is 0 Å². The van der Waals surface area contributed by atoms with Crippen LogP contribution in [-0.2, 0) is 10.0 Å². The molecule has 1 saturated heterocycles. The lowest BCUT2D eigenvalue weighted by molar-refractivity contribution is 0.0997. The highest BCUT2D eigenvalue weighted by atomic mass is 35.5. The fourth-order valence-corrected chi connectivity index (χ4v) is 3.77. The Labute approximate surface area is 148 Å². The Morgan fingerprint density at radius 1 is 1.46 bits per heavy atom. The minimum atomic E-state index is -3.68. The molecule has 4 N–H and O–H groups in total. The summed E-state index contributed by atoms with van der Waals surface area (Å²) in [4.78, 5) is 11.4. The summed E-state index contributed by atoms with van der Waals surface area (Å²) in [5.74, 6) is 0.0143. The molecule has 1 fully saturated rings. The lowest BCUT2D eigenvalue weighted by Crippen LogP contribution is -2.33. The number of amides is 1. The van der Waals surface area contributed by atoms with Gasteiger partial charge in [0, 0.05) is 6.54 Å². The molecule has 0 radical (unpaired) electrons. The van der Waals surface area contributed by atoms with Gasteiger partial charge < -0.3 is 15.8 Å². The van der Waals surface area contributed by atoms with Crippen molar-refractivity contribution in [3.05, 3.63) is 23.8 Å². The number of halogens is 1. The maximum Gasteiger partial charge on any atom is 0.252 e. The van der Waals surface area contributed by atoms with Gasteiger partial charge in [0.2, 0.25) is 10.0 Å². The van der Waals surface area contributed by atoms with Crippen LogP contribution >= 0.6 is 12.4 Å². The van der Waals surface area contributed by atoms with Crippen molar-refractivity contribution in [2.24, 2.45) is 11.7 Å². The normalized spacial score (nSPS) is 17.8. The number of hydrogen-bond donors (Lipinski definition) is 3. The van der Waals surface area contributed by atoms with Crippen molar-refractivity contribution in [3.8, 4) is 5.75 Å². The fraction of sp³-hybridized carbons (Fsp3) is 0.533. The van der Waals surface area contributed by atoms with Gasteiger partial charge in [-0.3, -0.25) is 4.79 Å². The summed E-state index contributed by atoms with van der Waals surface area (Å²) in [5, 5.41) is 3.30. The van der Waals surface area contributed by atoms with E-state index in [4.69, 9.17) is 10.5 Å². The quantitative estimate of drug-likeness (QED) is 0.653. The van der Waals surface area contributed by atoms with Crippen molar-refractivity contribution in [1.82, 2.24) is 10.0 Å². The number of sulfonamides is 1. The summed E-state index contributed by atoms with van der Waals surface area (Å²) < 4.78 is 32.2. The van der Waals surface area contributed by atoms with E-state index in [0.29, 0.717) is 12.5 Å². The molecule has 0 saturated carbocycles. The van der Waals surface area contributed by atoms with Gasteiger partial charge in [-0.2, -0.15) is 0 Å². The van der Waals surface area contributed by atoms with Gasteiger partial charge in [-0.25, -0.2) is 13.1 Å². The van der Waals surface area contributed by atoms with E-state index in [9.17, 15) is 13.2 Å². The molecule has 1 unspecified atom stereocenters. The first kappa shape index (κ1) is 20.7. The number of ether oxygens (including phenoxy) is 1. The summed E-state index contributed by atoms with van der Waals surface area (Å²) in [6.45, 7) is 2.33. The molecule has 1 heterocycles. The van der Waals surface area contributed by atoms with Crippen LogP contribution in [0.4, 0.5) is 0 Å². The summed E-state index contributed by atoms with van der Waals surface area (Å²) in [6.07, 6.45) is 3.02. The molecule has 1 atom stereocenters. The number of nitrogens with one attached hydrogen (secondary N) is 2. The van der Waals surface area contributed by atoms with Crippen LogP contribution in [0.5, 0.6) is 5.75 Å². The molecule has 0 spiro atoms. The van der Waals surface area contributed by atoms with E-state index in [2.05, 4.69) is 10.0 Å². The smallest absolute Gasteiger partial charge is 0.252 e. The Bertz CT molecular complexity index is 661. The number of hydrogen-bond acceptors (Lipinski definition) is 5. The first-order valence-electron chi connectivity index (χ1n) is 7.62. The first-order valence-corrected chi connectivity index (χ1v) is 9.10. The summed E-state index contributed by atoms with van der Waals surface area (Å²) in [6, 6.07) is 4.07. The number of carbonyl (C=O) groups is 1. The van der Waals surface area contributed by atoms with Gasteiger partial charge in [-0.15, -0.1) is 12.4 Å². The highest BCUT2D eigenvalue weighted by Crippen LogP contribution is 2.22. The van der Waals surface area contributed by atoms with Crippen LogP contribution in [0.25, 0.3) is 0 Å². The standard InChI is InChI=1S/C15H23N3O4S.ClH/c1-22-14-5-4-12(9-13(14)15(16)19)23(20,21)18-8-6-11-3-2-7-17-10-11;/h4-5,9,11,17-18H,2-3,6-8,10H2,1H3,(H2,16,19);1H. The highest BCUT2D eigenvalue weighted by molar-refractivity contribution is 7.89. The van der Waals surface area contributed by atoms with Gasteiger partial charge in [0.15, 0.2) is 0 Å². The molecule has 0 aromatic heterocycles. The lowest BCUT2D eigenvalue weighted by atomic mass is 9.96. The largest absolute Gasteiger partial charge is 0.496 e. The molecule has 0 aliphatic carbocycles. The molecule has 9 heteroatoms. The van der Waals surface area contributed by atoms with E-state index in [1.807, 2.05) is 0 Å². The van der Waals surface area contributed by atoms with E-state index < -0.39 is 15.9 Å². The number of carbonyl (C=O) groups excluding carboxylic acids is 1. The number of primary amides is 1. The first-order chi connectivity index (χ1) is 10.9. The molecule has 24 heavy (non-hydrogen) atoms. The Balaban J connectivity index is 0.00000288. The van der Waals surface area contributed by atoms with E-state index in [1.54, 1.807) is 0 Å². The van der Waals surface area contributed by atoms with E-state index in [-0.39, 0.29) is 28.6 Å². The van der Waals surface area contributed by atoms with Crippen LogP contribution in [0.3, 0.4) is 0 Å². The van der Waals surface area contributed by atoms with E-state index >= 15 is 0 Å². The third-order valence-corrected chi connectivity index (χ3v) is 5.45. The van der Waals surface area contributed by atoms with Gasteiger partial charge >= 0.3 is 0 Å². The predicted octanol–water partition coefficient (Wildman–Crippen LogP) is 0.884. The molecule has 7 nitrogen and oxygen atoms in total. The molecule has 1 aromatic carbocycles. The third-order valence-electron chi connectivity index (χ3n) is 3.99. The summed E-state index contributed by atoms with van der Waals surface area (Å²) in [5.41, 5.74) is 5.31. The van der Waals surface area contributed by atoms with Gasteiger partial charge in [-0.1, -0.05) is 0 Å². The topological polar surface area (TPSA) is 111 Å². The van der Waals surface area contributed by atoms with E-state index in [1.165, 1.54) is 25.3 Å². The minimum Gasteiger partial charge on any atom is -0.496 e. The van der Waals surface area contributed by atoms with Crippen LogP contribution < -0.4 is 20.5 Å². The molecule has 1 aliphatic rings. The maximum absolute atomic E-state index is 12.3. The SMILES string of the molecule is COc1ccc(S(=O)(=O)NCCC2CCCNC2)cc1C(N)=O.Cl. The number of methoxy groups -OCH3 is 1. The van der Waals surface area contributed by atoms with Crippen molar-refractivity contribution in [2.75, 3.05) is 26.7 Å². The highest BCUT2D eigenvalue weighted by Gasteiger charge is 2.19. The van der Waals surface area contributed by atoms with E-state index in [0.717, 1.165) is 32.4 Å². The summed E-state index contributed by atoms with van der Waals surface area (Å²) >= 11 is 0. The molecule has 0 bridgehead atoms. The molecular formula is C15H24ClN3O4S. The molecular weight excluding hydrogens is 354 g/mol. The molecule has 1 aromatic rings. The van der Waals surface area contributed by atoms with Gasteiger partial charge in [-0.05, 0) is 56.5 Å².